The average molecular weight is 782 g/mol. The van der Waals surface area contributed by atoms with Crippen LogP contribution in [0.3, 0.4) is 0 Å². The standard InChI is InChI=1S/C54H35N7/c1-33-22-26-46-41(30-33)42-31-34(2)23-27-47(42)61(46)54-57-52(35-14-6-4-7-15-35)56-53(58-54)43-32-36(55-3)24-28-48(43)60-45-21-13-11-19-40(45)50-49(60)29-25-39-38-18-10-12-20-44(38)59(51(39)50)37-16-8-5-9-17-37/h4-32H,1-2H3. The van der Waals surface area contributed by atoms with Crippen molar-refractivity contribution in [2.75, 3.05) is 0 Å². The highest BCUT2D eigenvalue weighted by Crippen LogP contribution is 2.44. The minimum Gasteiger partial charge on any atom is -0.309 e. The Hall–Kier alpha value is -8.34. The Balaban J connectivity index is 1.19. The van der Waals surface area contributed by atoms with Crippen LogP contribution >= 0.6 is 0 Å². The fourth-order valence-electron chi connectivity index (χ4n) is 9.35. The molecule has 0 N–H and O–H groups in total. The van der Waals surface area contributed by atoms with Gasteiger partial charge in [0.25, 0.3) is 0 Å². The first-order chi connectivity index (χ1) is 30.0. The van der Waals surface area contributed by atoms with Crippen molar-refractivity contribution in [1.82, 2.24) is 28.7 Å². The van der Waals surface area contributed by atoms with E-state index in [1.165, 1.54) is 21.9 Å². The van der Waals surface area contributed by atoms with Gasteiger partial charge in [-0.25, -0.2) is 9.83 Å². The fourth-order valence-corrected chi connectivity index (χ4v) is 9.35. The van der Waals surface area contributed by atoms with Gasteiger partial charge in [-0.2, -0.15) is 9.97 Å². The van der Waals surface area contributed by atoms with Gasteiger partial charge in [-0.15, -0.1) is 0 Å². The Bertz CT molecular complexity index is 3730. The van der Waals surface area contributed by atoms with Crippen LogP contribution in [0.1, 0.15) is 11.1 Å². The molecule has 0 atom stereocenters. The zero-order chi connectivity index (χ0) is 40.8. The molecule has 12 rings (SSSR count). The molecule has 0 aliphatic heterocycles. The summed E-state index contributed by atoms with van der Waals surface area (Å²) in [6.45, 7) is 12.4. The van der Waals surface area contributed by atoms with Crippen molar-refractivity contribution in [2.45, 2.75) is 13.8 Å². The molecule has 0 radical (unpaired) electrons. The monoisotopic (exact) mass is 781 g/mol. The Morgan fingerprint density at radius 2 is 1.03 bits per heavy atom. The smallest absolute Gasteiger partial charge is 0.238 e. The van der Waals surface area contributed by atoms with Crippen molar-refractivity contribution in [2.24, 2.45) is 0 Å². The van der Waals surface area contributed by atoms with Gasteiger partial charge in [0.05, 0.1) is 45.4 Å². The van der Waals surface area contributed by atoms with Crippen LogP contribution in [0.25, 0.3) is 110 Å². The number of aryl methyl sites for hydroxylation is 2. The van der Waals surface area contributed by atoms with Crippen LogP contribution in [-0.2, 0) is 0 Å². The SMILES string of the molecule is [C-]#[N+]c1ccc(-n2c3ccccc3c3c2ccc2c4ccccc4n(-c4ccccc4)c23)c(-c2nc(-c3ccccc3)nc(-n3c4ccc(C)cc4c4cc(C)ccc43)n2)c1. The highest BCUT2D eigenvalue weighted by Gasteiger charge is 2.24. The molecule has 7 nitrogen and oxygen atoms in total. The molecule has 12 aromatic rings. The summed E-state index contributed by atoms with van der Waals surface area (Å²) in [7, 11) is 0. The molecular weight excluding hydrogens is 747 g/mol. The molecule has 8 aromatic carbocycles. The third-order valence-electron chi connectivity index (χ3n) is 12.0. The summed E-state index contributed by atoms with van der Waals surface area (Å²) in [6, 6.07) is 61.3. The van der Waals surface area contributed by atoms with E-state index in [1.807, 2.05) is 48.5 Å². The van der Waals surface area contributed by atoms with Crippen LogP contribution in [-0.4, -0.2) is 28.7 Å². The zero-order valence-corrected chi connectivity index (χ0v) is 33.4. The van der Waals surface area contributed by atoms with Crippen LogP contribution in [0.4, 0.5) is 5.69 Å². The number of nitrogens with zero attached hydrogens (tertiary/aromatic N) is 7. The van der Waals surface area contributed by atoms with Gasteiger partial charge in [0.15, 0.2) is 17.3 Å². The molecule has 0 unspecified atom stereocenters. The van der Waals surface area contributed by atoms with E-state index in [2.05, 4.69) is 160 Å². The molecule has 4 heterocycles. The van der Waals surface area contributed by atoms with Crippen molar-refractivity contribution < 1.29 is 0 Å². The highest BCUT2D eigenvalue weighted by atomic mass is 15.2. The molecule has 0 aliphatic rings. The molecule has 286 valence electrons. The Kier molecular flexibility index (Phi) is 7.59. The lowest BCUT2D eigenvalue weighted by Crippen LogP contribution is -2.08. The topological polar surface area (TPSA) is 57.8 Å². The van der Waals surface area contributed by atoms with Crippen molar-refractivity contribution in [1.29, 1.82) is 0 Å². The summed E-state index contributed by atoms with van der Waals surface area (Å²) < 4.78 is 6.86. The minimum absolute atomic E-state index is 0.476. The van der Waals surface area contributed by atoms with Gasteiger partial charge in [-0.05, 0) is 80.6 Å². The predicted molar refractivity (Wildman–Crippen MR) is 249 cm³/mol. The number of benzene rings is 8. The molecule has 0 fully saturated rings. The maximum Gasteiger partial charge on any atom is 0.238 e. The molecule has 61 heavy (non-hydrogen) atoms. The third kappa shape index (κ3) is 5.26. The molecular formula is C54H35N7. The largest absolute Gasteiger partial charge is 0.309 e. The van der Waals surface area contributed by atoms with Gasteiger partial charge in [0, 0.05) is 49.1 Å². The number of aromatic nitrogens is 6. The normalized spacial score (nSPS) is 11.8. The van der Waals surface area contributed by atoms with E-state index in [1.54, 1.807) is 0 Å². The van der Waals surface area contributed by atoms with E-state index >= 15 is 0 Å². The summed E-state index contributed by atoms with van der Waals surface area (Å²) in [6.07, 6.45) is 0. The zero-order valence-electron chi connectivity index (χ0n) is 33.4. The maximum absolute atomic E-state index is 8.16. The number of hydrogen-bond donors (Lipinski definition) is 0. The minimum atomic E-state index is 0.476. The van der Waals surface area contributed by atoms with E-state index in [-0.39, 0.29) is 0 Å². The number of para-hydroxylation sites is 3. The third-order valence-corrected chi connectivity index (χ3v) is 12.0. The van der Waals surface area contributed by atoms with E-state index in [0.29, 0.717) is 23.3 Å². The van der Waals surface area contributed by atoms with Crippen LogP contribution < -0.4 is 0 Å². The lowest BCUT2D eigenvalue weighted by Gasteiger charge is -2.16. The van der Waals surface area contributed by atoms with Crippen LogP contribution in [0.15, 0.2) is 176 Å². The molecule has 0 bridgehead atoms. The molecule has 7 heteroatoms. The summed E-state index contributed by atoms with van der Waals surface area (Å²) in [4.78, 5) is 19.8. The summed E-state index contributed by atoms with van der Waals surface area (Å²) in [5.41, 5.74) is 12.8. The summed E-state index contributed by atoms with van der Waals surface area (Å²) >= 11 is 0. The highest BCUT2D eigenvalue weighted by molar-refractivity contribution is 6.26. The molecule has 0 saturated carbocycles. The summed E-state index contributed by atoms with van der Waals surface area (Å²) in [5, 5.41) is 6.93. The number of rotatable bonds is 5. The van der Waals surface area contributed by atoms with Crippen LogP contribution in [0.2, 0.25) is 0 Å². The second kappa shape index (κ2) is 13.3. The van der Waals surface area contributed by atoms with Crippen molar-refractivity contribution in [3.63, 3.8) is 0 Å². The van der Waals surface area contributed by atoms with Gasteiger partial charge in [0.2, 0.25) is 5.95 Å². The first kappa shape index (κ1) is 34.7. The van der Waals surface area contributed by atoms with E-state index in [4.69, 9.17) is 21.5 Å². The van der Waals surface area contributed by atoms with Crippen molar-refractivity contribution in [3.8, 4) is 40.1 Å². The first-order valence-corrected chi connectivity index (χ1v) is 20.4. The quantitative estimate of drug-likeness (QED) is 0.163. The molecule has 4 aromatic heterocycles. The van der Waals surface area contributed by atoms with Gasteiger partial charge >= 0.3 is 0 Å². The Morgan fingerprint density at radius 3 is 1.74 bits per heavy atom. The second-order valence-electron chi connectivity index (χ2n) is 15.7. The second-order valence-corrected chi connectivity index (χ2v) is 15.7. The van der Waals surface area contributed by atoms with Gasteiger partial charge < -0.3 is 9.13 Å². The van der Waals surface area contributed by atoms with Gasteiger partial charge in [0.1, 0.15) is 0 Å². The number of hydrogen-bond acceptors (Lipinski definition) is 3. The Morgan fingerprint density at radius 1 is 0.443 bits per heavy atom. The van der Waals surface area contributed by atoms with Crippen molar-refractivity contribution in [3.05, 3.63) is 198 Å². The summed E-state index contributed by atoms with van der Waals surface area (Å²) in [5.74, 6) is 1.53. The van der Waals surface area contributed by atoms with E-state index < -0.39 is 0 Å². The van der Waals surface area contributed by atoms with Crippen molar-refractivity contribution >= 4 is 71.1 Å². The maximum atomic E-state index is 8.16. The van der Waals surface area contributed by atoms with Crippen LogP contribution in [0, 0.1) is 20.4 Å². The Labute approximate surface area is 350 Å². The molecule has 0 saturated heterocycles. The van der Waals surface area contributed by atoms with Crippen LogP contribution in [0.5, 0.6) is 0 Å². The number of fused-ring (bicyclic) bond motifs is 10. The molecule has 0 amide bonds. The van der Waals surface area contributed by atoms with Gasteiger partial charge in [-0.3, -0.25) is 4.57 Å². The average Bonchev–Trinajstić information content (AvgIpc) is 3.94. The lowest BCUT2D eigenvalue weighted by atomic mass is 10.1. The first-order valence-electron chi connectivity index (χ1n) is 20.4. The van der Waals surface area contributed by atoms with E-state index in [9.17, 15) is 0 Å². The fraction of sp³-hybridized carbons (Fsp3) is 0.0370. The van der Waals surface area contributed by atoms with Gasteiger partial charge in [-0.1, -0.05) is 120 Å². The predicted octanol–water partition coefficient (Wildman–Crippen LogP) is 13.7. The molecule has 0 spiro atoms. The molecule has 0 aliphatic carbocycles. The lowest BCUT2D eigenvalue weighted by molar-refractivity contribution is 0.951. The van der Waals surface area contributed by atoms with E-state index in [0.717, 1.165) is 77.1 Å².